The van der Waals surface area contributed by atoms with E-state index in [1.165, 1.54) is 29.1 Å². The Hall–Kier alpha value is -2.68. The molecule has 6 heteroatoms. The lowest BCUT2D eigenvalue weighted by Gasteiger charge is -2.06. The van der Waals surface area contributed by atoms with Gasteiger partial charge in [0.05, 0.1) is 30.1 Å². The van der Waals surface area contributed by atoms with E-state index in [0.717, 1.165) is 0 Å². The van der Waals surface area contributed by atoms with Crippen molar-refractivity contribution in [1.29, 1.82) is 5.26 Å². The number of hydrogen-bond donors (Lipinski definition) is 1. The van der Waals surface area contributed by atoms with Gasteiger partial charge in [0.2, 0.25) is 0 Å². The molecule has 0 saturated carbocycles. The molecule has 0 spiro atoms. The van der Waals surface area contributed by atoms with E-state index in [4.69, 9.17) is 10.4 Å². The van der Waals surface area contributed by atoms with Gasteiger partial charge in [0, 0.05) is 5.56 Å². The van der Waals surface area contributed by atoms with Crippen LogP contribution in [0.15, 0.2) is 24.4 Å². The first-order valence-electron chi connectivity index (χ1n) is 5.47. The van der Waals surface area contributed by atoms with Crippen molar-refractivity contribution in [1.82, 2.24) is 9.78 Å². The van der Waals surface area contributed by atoms with Gasteiger partial charge in [-0.1, -0.05) is 0 Å². The van der Waals surface area contributed by atoms with Crippen molar-refractivity contribution in [3.05, 3.63) is 52.6 Å². The fourth-order valence-electron chi connectivity index (χ4n) is 1.74. The van der Waals surface area contributed by atoms with Crippen molar-refractivity contribution in [2.24, 2.45) is 0 Å². The van der Waals surface area contributed by atoms with Gasteiger partial charge in [-0.15, -0.1) is 0 Å². The number of carboxylic acid groups (broad SMARTS) is 1. The van der Waals surface area contributed by atoms with E-state index in [9.17, 15) is 9.18 Å². The number of rotatable bonds is 3. The predicted octanol–water partition coefficient (Wildman–Crippen LogP) is 1.95. The summed E-state index contributed by atoms with van der Waals surface area (Å²) in [5.41, 5.74) is 1.16. The fraction of sp³-hybridized carbons (Fsp3) is 0.154. The Morgan fingerprint density at radius 2 is 2.32 bits per heavy atom. The van der Waals surface area contributed by atoms with Crippen molar-refractivity contribution in [2.75, 3.05) is 0 Å². The molecule has 0 amide bonds. The Bertz CT molecular complexity index is 686. The molecule has 2 aromatic rings. The average Bonchev–Trinajstić information content (AvgIpc) is 2.74. The van der Waals surface area contributed by atoms with Crippen molar-refractivity contribution in [2.45, 2.75) is 13.5 Å². The minimum absolute atomic E-state index is 0.0804. The Labute approximate surface area is 108 Å². The third kappa shape index (κ3) is 2.45. The highest BCUT2D eigenvalue weighted by atomic mass is 19.1. The summed E-state index contributed by atoms with van der Waals surface area (Å²) in [6, 6.07) is 5.95. The van der Waals surface area contributed by atoms with Crippen LogP contribution in [0, 0.1) is 24.1 Å². The maximum atomic E-state index is 13.6. The lowest BCUT2D eigenvalue weighted by molar-refractivity contribution is 0.0696. The molecule has 0 fully saturated rings. The van der Waals surface area contributed by atoms with Gasteiger partial charge in [0.15, 0.2) is 0 Å². The van der Waals surface area contributed by atoms with E-state index in [2.05, 4.69) is 5.10 Å². The predicted molar refractivity (Wildman–Crippen MR) is 64.1 cm³/mol. The van der Waals surface area contributed by atoms with Crippen LogP contribution in [0.3, 0.4) is 0 Å². The number of nitriles is 1. The van der Waals surface area contributed by atoms with E-state index >= 15 is 0 Å². The monoisotopic (exact) mass is 259 g/mol. The molecule has 1 heterocycles. The van der Waals surface area contributed by atoms with Gasteiger partial charge in [0.1, 0.15) is 11.4 Å². The number of benzene rings is 1. The molecule has 0 atom stereocenters. The highest BCUT2D eigenvalue weighted by Gasteiger charge is 2.14. The minimum atomic E-state index is -1.07. The summed E-state index contributed by atoms with van der Waals surface area (Å²) in [4.78, 5) is 10.9. The lowest BCUT2D eigenvalue weighted by Crippen LogP contribution is -2.07. The van der Waals surface area contributed by atoms with Crippen LogP contribution in [0.25, 0.3) is 0 Å². The molecule has 0 unspecified atom stereocenters. The van der Waals surface area contributed by atoms with Crippen LogP contribution in [-0.2, 0) is 6.54 Å². The van der Waals surface area contributed by atoms with Crippen molar-refractivity contribution >= 4 is 5.97 Å². The Kier molecular flexibility index (Phi) is 3.29. The van der Waals surface area contributed by atoms with Gasteiger partial charge in [-0.3, -0.25) is 4.68 Å². The smallest absolute Gasteiger partial charge is 0.339 e. The summed E-state index contributed by atoms with van der Waals surface area (Å²) < 4.78 is 15.0. The zero-order chi connectivity index (χ0) is 14.0. The third-order valence-electron chi connectivity index (χ3n) is 2.83. The molecule has 2 rings (SSSR count). The summed E-state index contributed by atoms with van der Waals surface area (Å²) in [6.45, 7) is 1.68. The van der Waals surface area contributed by atoms with Gasteiger partial charge in [-0.05, 0) is 25.1 Å². The molecule has 1 aromatic carbocycles. The maximum Gasteiger partial charge on any atom is 0.339 e. The number of carbonyl (C=O) groups is 1. The Balaban J connectivity index is 2.37. The van der Waals surface area contributed by atoms with Gasteiger partial charge < -0.3 is 5.11 Å². The summed E-state index contributed by atoms with van der Waals surface area (Å²) >= 11 is 0. The first-order valence-corrected chi connectivity index (χ1v) is 5.47. The molecule has 0 aliphatic carbocycles. The summed E-state index contributed by atoms with van der Waals surface area (Å²) in [5.74, 6) is -1.53. The molecule has 0 radical (unpaired) electrons. The number of aromatic carboxylic acids is 1. The van der Waals surface area contributed by atoms with E-state index in [-0.39, 0.29) is 12.1 Å². The quantitative estimate of drug-likeness (QED) is 0.913. The van der Waals surface area contributed by atoms with E-state index < -0.39 is 11.8 Å². The van der Waals surface area contributed by atoms with Crippen LogP contribution in [0.1, 0.15) is 27.2 Å². The molecular weight excluding hydrogens is 249 g/mol. The lowest BCUT2D eigenvalue weighted by atomic mass is 10.1. The topological polar surface area (TPSA) is 78.9 Å². The fourth-order valence-corrected chi connectivity index (χ4v) is 1.74. The summed E-state index contributed by atoms with van der Waals surface area (Å²) in [5, 5.41) is 21.6. The Morgan fingerprint density at radius 1 is 1.58 bits per heavy atom. The van der Waals surface area contributed by atoms with Gasteiger partial charge >= 0.3 is 5.97 Å². The first-order chi connectivity index (χ1) is 9.02. The van der Waals surface area contributed by atoms with Gasteiger partial charge in [-0.2, -0.15) is 10.4 Å². The maximum absolute atomic E-state index is 13.6. The number of hydrogen-bond acceptors (Lipinski definition) is 3. The van der Waals surface area contributed by atoms with E-state index in [1.807, 2.05) is 6.07 Å². The molecule has 0 bridgehead atoms. The molecular formula is C13H10FN3O2. The number of halogens is 1. The number of nitrogens with zero attached hydrogens (tertiary/aromatic N) is 3. The van der Waals surface area contributed by atoms with Crippen LogP contribution in [0.4, 0.5) is 4.39 Å². The van der Waals surface area contributed by atoms with Gasteiger partial charge in [0.25, 0.3) is 0 Å². The van der Waals surface area contributed by atoms with Crippen LogP contribution in [0.5, 0.6) is 0 Å². The molecule has 1 N–H and O–H groups in total. The third-order valence-corrected chi connectivity index (χ3v) is 2.83. The molecule has 0 aliphatic heterocycles. The zero-order valence-electron chi connectivity index (χ0n) is 10.1. The average molecular weight is 259 g/mol. The highest BCUT2D eigenvalue weighted by Crippen LogP contribution is 2.14. The Morgan fingerprint density at radius 3 is 2.89 bits per heavy atom. The molecule has 1 aromatic heterocycles. The number of carboxylic acids is 1. The van der Waals surface area contributed by atoms with Crippen molar-refractivity contribution in [3.8, 4) is 6.07 Å². The molecule has 0 aliphatic rings. The van der Waals surface area contributed by atoms with Crippen LogP contribution in [0.2, 0.25) is 0 Å². The molecule has 96 valence electrons. The summed E-state index contributed by atoms with van der Waals surface area (Å²) in [6.07, 6.45) is 1.23. The summed E-state index contributed by atoms with van der Waals surface area (Å²) in [7, 11) is 0. The standard InChI is InChI=1S/C13H10FN3O2/c1-8-11(13(18)19)6-16-17(8)7-10-4-9(5-15)2-3-12(10)14/h2-4,6H,7H2,1H3,(H,18,19). The first kappa shape index (κ1) is 12.8. The molecule has 5 nitrogen and oxygen atoms in total. The van der Waals surface area contributed by atoms with Crippen LogP contribution < -0.4 is 0 Å². The highest BCUT2D eigenvalue weighted by molar-refractivity contribution is 5.88. The van der Waals surface area contributed by atoms with Crippen molar-refractivity contribution < 1.29 is 14.3 Å². The van der Waals surface area contributed by atoms with Gasteiger partial charge in [-0.25, -0.2) is 9.18 Å². The minimum Gasteiger partial charge on any atom is -0.478 e. The second-order valence-corrected chi connectivity index (χ2v) is 4.02. The van der Waals surface area contributed by atoms with Crippen LogP contribution >= 0.6 is 0 Å². The molecule has 0 saturated heterocycles. The van der Waals surface area contributed by atoms with Crippen LogP contribution in [-0.4, -0.2) is 20.9 Å². The normalized spacial score (nSPS) is 10.2. The largest absolute Gasteiger partial charge is 0.478 e. The number of aromatic nitrogens is 2. The van der Waals surface area contributed by atoms with E-state index in [0.29, 0.717) is 16.8 Å². The van der Waals surface area contributed by atoms with E-state index in [1.54, 1.807) is 6.92 Å². The second-order valence-electron chi connectivity index (χ2n) is 4.02. The zero-order valence-corrected chi connectivity index (χ0v) is 10.1. The van der Waals surface area contributed by atoms with Crippen molar-refractivity contribution in [3.63, 3.8) is 0 Å². The SMILES string of the molecule is Cc1c(C(=O)O)cnn1Cc1cc(C#N)ccc1F. The molecule has 19 heavy (non-hydrogen) atoms. The second kappa shape index (κ2) is 4.90.